The van der Waals surface area contributed by atoms with E-state index in [9.17, 15) is 4.79 Å². The first-order chi connectivity index (χ1) is 10.1. The van der Waals surface area contributed by atoms with Gasteiger partial charge < -0.3 is 10.6 Å². The molecule has 3 rings (SSSR count). The van der Waals surface area contributed by atoms with Gasteiger partial charge in [0.15, 0.2) is 0 Å². The molecule has 0 radical (unpaired) electrons. The fraction of sp³-hybridized carbons (Fsp3) is 0.500. The van der Waals surface area contributed by atoms with E-state index in [-0.39, 0.29) is 12.1 Å². The van der Waals surface area contributed by atoms with Gasteiger partial charge in [0.2, 0.25) is 0 Å². The van der Waals surface area contributed by atoms with Crippen molar-refractivity contribution in [2.45, 2.75) is 45.2 Å². The van der Waals surface area contributed by atoms with Crippen molar-refractivity contribution in [3.8, 4) is 0 Å². The SMILES string of the molecule is Cc1cnc(CNC(=O)N[C@H](C)c2csc(C3CC3)n2)s1. The molecular formula is C14H18N4OS2. The topological polar surface area (TPSA) is 66.9 Å². The quantitative estimate of drug-likeness (QED) is 0.887. The highest BCUT2D eigenvalue weighted by molar-refractivity contribution is 7.11. The van der Waals surface area contributed by atoms with Crippen LogP contribution in [0.1, 0.15) is 52.3 Å². The molecule has 0 bridgehead atoms. The van der Waals surface area contributed by atoms with E-state index in [0.29, 0.717) is 12.5 Å². The zero-order valence-corrected chi connectivity index (χ0v) is 13.7. The summed E-state index contributed by atoms with van der Waals surface area (Å²) in [6.45, 7) is 4.42. The van der Waals surface area contributed by atoms with Gasteiger partial charge >= 0.3 is 6.03 Å². The first kappa shape index (κ1) is 14.5. The summed E-state index contributed by atoms with van der Waals surface area (Å²) in [4.78, 5) is 21.9. The summed E-state index contributed by atoms with van der Waals surface area (Å²) in [5.41, 5.74) is 0.946. The van der Waals surface area contributed by atoms with Crippen LogP contribution < -0.4 is 10.6 Å². The Kier molecular flexibility index (Phi) is 4.21. The lowest BCUT2D eigenvalue weighted by molar-refractivity contribution is 0.237. The average molecular weight is 322 g/mol. The Bertz CT molecular complexity index is 632. The van der Waals surface area contributed by atoms with Gasteiger partial charge in [0.25, 0.3) is 0 Å². The molecule has 112 valence electrons. The zero-order valence-electron chi connectivity index (χ0n) is 12.0. The second-order valence-corrected chi connectivity index (χ2v) is 7.51. The molecule has 1 aliphatic carbocycles. The highest BCUT2D eigenvalue weighted by Gasteiger charge is 2.27. The molecule has 21 heavy (non-hydrogen) atoms. The van der Waals surface area contributed by atoms with Gasteiger partial charge in [-0.1, -0.05) is 0 Å². The highest BCUT2D eigenvalue weighted by atomic mass is 32.1. The molecule has 2 aromatic heterocycles. The predicted octanol–water partition coefficient (Wildman–Crippen LogP) is 3.35. The maximum absolute atomic E-state index is 11.9. The van der Waals surface area contributed by atoms with E-state index >= 15 is 0 Å². The molecule has 2 heterocycles. The van der Waals surface area contributed by atoms with E-state index in [1.807, 2.05) is 25.4 Å². The molecule has 0 unspecified atom stereocenters. The van der Waals surface area contributed by atoms with Crippen molar-refractivity contribution >= 4 is 28.7 Å². The van der Waals surface area contributed by atoms with Gasteiger partial charge in [-0.05, 0) is 26.7 Å². The first-order valence-corrected chi connectivity index (χ1v) is 8.72. The van der Waals surface area contributed by atoms with E-state index in [4.69, 9.17) is 0 Å². The molecule has 2 N–H and O–H groups in total. The van der Waals surface area contributed by atoms with Gasteiger partial charge in [0.05, 0.1) is 23.3 Å². The Morgan fingerprint density at radius 1 is 1.52 bits per heavy atom. The van der Waals surface area contributed by atoms with Crippen LogP contribution in [-0.2, 0) is 6.54 Å². The van der Waals surface area contributed by atoms with Crippen molar-refractivity contribution in [2.75, 3.05) is 0 Å². The van der Waals surface area contributed by atoms with Crippen molar-refractivity contribution in [3.63, 3.8) is 0 Å². The second kappa shape index (κ2) is 6.11. The summed E-state index contributed by atoms with van der Waals surface area (Å²) >= 11 is 3.29. The third-order valence-electron chi connectivity index (χ3n) is 3.33. The minimum Gasteiger partial charge on any atom is -0.332 e. The Balaban J connectivity index is 1.48. The lowest BCUT2D eigenvalue weighted by atomic mass is 10.2. The lowest BCUT2D eigenvalue weighted by Gasteiger charge is -2.12. The monoisotopic (exact) mass is 322 g/mol. The third-order valence-corrected chi connectivity index (χ3v) is 5.27. The molecule has 0 aliphatic heterocycles. The van der Waals surface area contributed by atoms with Crippen LogP contribution in [0, 0.1) is 6.92 Å². The molecule has 1 saturated carbocycles. The number of rotatable bonds is 5. The van der Waals surface area contributed by atoms with Crippen molar-refractivity contribution in [1.82, 2.24) is 20.6 Å². The van der Waals surface area contributed by atoms with Crippen LogP contribution in [0.4, 0.5) is 4.79 Å². The van der Waals surface area contributed by atoms with E-state index in [1.54, 1.807) is 22.7 Å². The van der Waals surface area contributed by atoms with Crippen molar-refractivity contribution in [2.24, 2.45) is 0 Å². The maximum Gasteiger partial charge on any atom is 0.315 e. The number of hydrogen-bond donors (Lipinski definition) is 2. The lowest BCUT2D eigenvalue weighted by Crippen LogP contribution is -2.36. The number of thiazole rings is 2. The minimum atomic E-state index is -0.184. The molecule has 1 aliphatic rings. The Morgan fingerprint density at radius 3 is 3.00 bits per heavy atom. The van der Waals surface area contributed by atoms with E-state index in [1.165, 1.54) is 17.8 Å². The van der Waals surface area contributed by atoms with E-state index < -0.39 is 0 Å². The van der Waals surface area contributed by atoms with E-state index in [2.05, 4.69) is 20.6 Å². The molecule has 0 saturated heterocycles. The van der Waals surface area contributed by atoms with Gasteiger partial charge in [-0.25, -0.2) is 14.8 Å². The van der Waals surface area contributed by atoms with Crippen LogP contribution in [0.5, 0.6) is 0 Å². The number of nitrogens with zero attached hydrogens (tertiary/aromatic N) is 2. The fourth-order valence-corrected chi connectivity index (χ4v) is 3.79. The molecule has 2 amide bonds. The van der Waals surface area contributed by atoms with Crippen LogP contribution in [0.25, 0.3) is 0 Å². The second-order valence-electron chi connectivity index (χ2n) is 5.30. The standard InChI is InChI=1S/C14H18N4OS2/c1-8-5-15-12(21-8)6-16-14(19)17-9(2)11-7-20-13(18-11)10-3-4-10/h5,7,9-10H,3-4,6H2,1-2H3,(H2,16,17,19)/t9-/m1/s1. The largest absolute Gasteiger partial charge is 0.332 e. The fourth-order valence-electron chi connectivity index (χ4n) is 1.98. The minimum absolute atomic E-state index is 0.0771. The maximum atomic E-state index is 11.9. The van der Waals surface area contributed by atoms with Gasteiger partial charge in [0, 0.05) is 22.4 Å². The molecular weight excluding hydrogens is 304 g/mol. The summed E-state index contributed by atoms with van der Waals surface area (Å²) in [5.74, 6) is 0.665. The third kappa shape index (κ3) is 3.79. The van der Waals surface area contributed by atoms with Crippen LogP contribution in [-0.4, -0.2) is 16.0 Å². The Labute approximate surface area is 131 Å². The summed E-state index contributed by atoms with van der Waals surface area (Å²) in [6.07, 6.45) is 4.32. The van der Waals surface area contributed by atoms with Gasteiger partial charge in [-0.3, -0.25) is 0 Å². The van der Waals surface area contributed by atoms with Gasteiger partial charge in [0.1, 0.15) is 5.01 Å². The number of amides is 2. The summed E-state index contributed by atoms with van der Waals surface area (Å²) in [6, 6.07) is -0.261. The van der Waals surface area contributed by atoms with Crippen molar-refractivity contribution < 1.29 is 4.79 Å². The van der Waals surface area contributed by atoms with Gasteiger partial charge in [-0.15, -0.1) is 22.7 Å². The number of urea groups is 1. The van der Waals surface area contributed by atoms with Crippen LogP contribution in [0.2, 0.25) is 0 Å². The molecule has 5 nitrogen and oxygen atoms in total. The Morgan fingerprint density at radius 2 is 2.33 bits per heavy atom. The smallest absolute Gasteiger partial charge is 0.315 e. The summed E-state index contributed by atoms with van der Waals surface area (Å²) < 4.78 is 0. The predicted molar refractivity (Wildman–Crippen MR) is 84.7 cm³/mol. The number of nitrogens with one attached hydrogen (secondary N) is 2. The van der Waals surface area contributed by atoms with Crippen LogP contribution in [0.3, 0.4) is 0 Å². The molecule has 1 fully saturated rings. The van der Waals surface area contributed by atoms with E-state index in [0.717, 1.165) is 15.6 Å². The molecule has 0 aromatic carbocycles. The number of aromatic nitrogens is 2. The number of carbonyl (C=O) groups is 1. The molecule has 1 atom stereocenters. The summed E-state index contributed by atoms with van der Waals surface area (Å²) in [5, 5.41) is 9.91. The number of hydrogen-bond acceptors (Lipinski definition) is 5. The van der Waals surface area contributed by atoms with Crippen molar-refractivity contribution in [3.05, 3.63) is 32.2 Å². The Hall–Kier alpha value is -1.47. The molecule has 2 aromatic rings. The summed E-state index contributed by atoms with van der Waals surface area (Å²) in [7, 11) is 0. The molecule has 7 heteroatoms. The normalized spacial score (nSPS) is 15.7. The molecule has 0 spiro atoms. The average Bonchev–Trinajstić information content (AvgIpc) is 3.03. The number of aryl methyl sites for hydroxylation is 1. The van der Waals surface area contributed by atoms with Crippen LogP contribution >= 0.6 is 22.7 Å². The van der Waals surface area contributed by atoms with Crippen LogP contribution in [0.15, 0.2) is 11.6 Å². The van der Waals surface area contributed by atoms with Crippen molar-refractivity contribution in [1.29, 1.82) is 0 Å². The first-order valence-electron chi connectivity index (χ1n) is 7.03. The van der Waals surface area contributed by atoms with Gasteiger partial charge in [-0.2, -0.15) is 0 Å². The zero-order chi connectivity index (χ0) is 14.8. The highest BCUT2D eigenvalue weighted by Crippen LogP contribution is 2.41. The number of carbonyl (C=O) groups excluding carboxylic acids is 1.